The van der Waals surface area contributed by atoms with Crippen molar-refractivity contribution in [3.05, 3.63) is 34.9 Å². The maximum atomic E-state index is 2.41. The van der Waals surface area contributed by atoms with Crippen molar-refractivity contribution in [3.63, 3.8) is 0 Å². The zero-order chi connectivity index (χ0) is 14.2. The summed E-state index contributed by atoms with van der Waals surface area (Å²) in [5.74, 6) is 2.34. The van der Waals surface area contributed by atoms with E-state index in [-0.39, 0.29) is 0 Å². The number of aryl methyl sites for hydroxylation is 1. The van der Waals surface area contributed by atoms with Gasteiger partial charge in [0, 0.05) is 0 Å². The van der Waals surface area contributed by atoms with Gasteiger partial charge in [-0.2, -0.15) is 0 Å². The van der Waals surface area contributed by atoms with Gasteiger partial charge in [-0.3, -0.25) is 0 Å². The van der Waals surface area contributed by atoms with Crippen molar-refractivity contribution >= 4 is 0 Å². The Morgan fingerprint density at radius 1 is 0.947 bits per heavy atom. The van der Waals surface area contributed by atoms with Crippen LogP contribution < -0.4 is 0 Å². The third kappa shape index (κ3) is 2.35. The average Bonchev–Trinajstić information content (AvgIpc) is 2.26. The van der Waals surface area contributed by atoms with Crippen LogP contribution in [-0.4, -0.2) is 0 Å². The summed E-state index contributed by atoms with van der Waals surface area (Å²) in [6.07, 6.45) is 4.18. The summed E-state index contributed by atoms with van der Waals surface area (Å²) in [5.41, 5.74) is 5.09. The third-order valence-corrected chi connectivity index (χ3v) is 5.46. The fourth-order valence-corrected chi connectivity index (χ4v) is 4.68. The fraction of sp³-hybridized carbons (Fsp3) is 0.684. The highest BCUT2D eigenvalue weighted by molar-refractivity contribution is 5.41. The molecular formula is C19H30. The van der Waals surface area contributed by atoms with E-state index in [9.17, 15) is 0 Å². The summed E-state index contributed by atoms with van der Waals surface area (Å²) in [5, 5.41) is 0. The smallest absolute Gasteiger partial charge is 0.00112 e. The second-order valence-corrected chi connectivity index (χ2v) is 7.27. The third-order valence-electron chi connectivity index (χ3n) is 5.46. The van der Waals surface area contributed by atoms with Crippen LogP contribution in [0.5, 0.6) is 0 Å². The molecule has 106 valence electrons. The highest BCUT2D eigenvalue weighted by Crippen LogP contribution is 2.55. The molecular weight excluding hydrogens is 228 g/mol. The van der Waals surface area contributed by atoms with Crippen molar-refractivity contribution < 1.29 is 0 Å². The predicted molar refractivity (Wildman–Crippen MR) is 84.6 cm³/mol. The summed E-state index contributed by atoms with van der Waals surface area (Å²) in [6.45, 7) is 14.2. The molecule has 1 fully saturated rings. The van der Waals surface area contributed by atoms with Crippen LogP contribution in [0.2, 0.25) is 0 Å². The summed E-state index contributed by atoms with van der Waals surface area (Å²) in [6, 6.07) is 6.92. The second-order valence-electron chi connectivity index (χ2n) is 7.27. The minimum atomic E-state index is 0.457. The van der Waals surface area contributed by atoms with Crippen LogP contribution in [0, 0.1) is 31.6 Å². The Bertz CT molecular complexity index is 427. The summed E-state index contributed by atoms with van der Waals surface area (Å²) in [7, 11) is 0. The van der Waals surface area contributed by atoms with Gasteiger partial charge in [0.2, 0.25) is 0 Å². The van der Waals surface area contributed by atoms with Crippen LogP contribution in [0.1, 0.15) is 63.6 Å². The highest BCUT2D eigenvalue weighted by Gasteiger charge is 2.48. The lowest BCUT2D eigenvalue weighted by molar-refractivity contribution is 0.0691. The number of hydrogen-bond donors (Lipinski definition) is 0. The number of rotatable bonds is 4. The minimum absolute atomic E-state index is 0.457. The molecule has 0 aliphatic heterocycles. The Balaban J connectivity index is 2.50. The molecule has 1 saturated carbocycles. The van der Waals surface area contributed by atoms with Gasteiger partial charge in [-0.05, 0) is 66.5 Å². The van der Waals surface area contributed by atoms with Gasteiger partial charge in [0.15, 0.2) is 0 Å². The molecule has 0 amide bonds. The lowest BCUT2D eigenvalue weighted by Gasteiger charge is -2.53. The van der Waals surface area contributed by atoms with Crippen molar-refractivity contribution in [2.45, 2.75) is 66.2 Å². The SMILES string of the molecule is Cc1cccc(C2(C(C(C)C)C(C)C)CCC2)c1C. The van der Waals surface area contributed by atoms with Gasteiger partial charge in [-0.15, -0.1) is 0 Å². The Labute approximate surface area is 119 Å². The zero-order valence-electron chi connectivity index (χ0n) is 13.6. The van der Waals surface area contributed by atoms with Gasteiger partial charge < -0.3 is 0 Å². The second kappa shape index (κ2) is 5.31. The molecule has 0 bridgehead atoms. The Kier molecular flexibility index (Phi) is 4.08. The standard InChI is InChI=1S/C19H30/c1-13(2)18(14(3)4)19(11-8-12-19)17-10-7-9-15(5)16(17)6/h7,9-10,13-14,18H,8,11-12H2,1-6H3. The molecule has 0 saturated heterocycles. The minimum Gasteiger partial charge on any atom is -0.0625 e. The molecule has 2 rings (SSSR count). The molecule has 0 atom stereocenters. The van der Waals surface area contributed by atoms with Crippen molar-refractivity contribution in [2.24, 2.45) is 17.8 Å². The van der Waals surface area contributed by atoms with Crippen LogP contribution in [0.25, 0.3) is 0 Å². The van der Waals surface area contributed by atoms with E-state index in [1.165, 1.54) is 30.4 Å². The van der Waals surface area contributed by atoms with E-state index in [2.05, 4.69) is 59.7 Å². The Morgan fingerprint density at radius 3 is 1.95 bits per heavy atom. The van der Waals surface area contributed by atoms with E-state index in [4.69, 9.17) is 0 Å². The van der Waals surface area contributed by atoms with Gasteiger partial charge in [0.25, 0.3) is 0 Å². The first-order chi connectivity index (χ1) is 8.90. The lowest BCUT2D eigenvalue weighted by Crippen LogP contribution is -2.47. The topological polar surface area (TPSA) is 0 Å². The predicted octanol–water partition coefficient (Wildman–Crippen LogP) is 5.65. The van der Waals surface area contributed by atoms with Crippen molar-refractivity contribution in [3.8, 4) is 0 Å². The van der Waals surface area contributed by atoms with Crippen molar-refractivity contribution in [2.75, 3.05) is 0 Å². The number of hydrogen-bond acceptors (Lipinski definition) is 0. The molecule has 1 aliphatic rings. The van der Waals surface area contributed by atoms with Crippen molar-refractivity contribution in [1.82, 2.24) is 0 Å². The maximum Gasteiger partial charge on any atom is -0.00112 e. The largest absolute Gasteiger partial charge is 0.0625 e. The van der Waals surface area contributed by atoms with Crippen LogP contribution in [0.3, 0.4) is 0 Å². The van der Waals surface area contributed by atoms with Crippen LogP contribution >= 0.6 is 0 Å². The molecule has 0 spiro atoms. The summed E-state index contributed by atoms with van der Waals surface area (Å²) in [4.78, 5) is 0. The van der Waals surface area contributed by atoms with E-state index in [0.29, 0.717) is 5.41 Å². The Morgan fingerprint density at radius 2 is 1.53 bits per heavy atom. The van der Waals surface area contributed by atoms with Crippen LogP contribution in [-0.2, 0) is 5.41 Å². The van der Waals surface area contributed by atoms with Gasteiger partial charge in [0.05, 0.1) is 0 Å². The monoisotopic (exact) mass is 258 g/mol. The van der Waals surface area contributed by atoms with Gasteiger partial charge in [0.1, 0.15) is 0 Å². The van der Waals surface area contributed by atoms with Crippen LogP contribution in [0.15, 0.2) is 18.2 Å². The number of benzene rings is 1. The average molecular weight is 258 g/mol. The highest BCUT2D eigenvalue weighted by atomic mass is 14.5. The fourth-order valence-electron chi connectivity index (χ4n) is 4.68. The molecule has 1 aliphatic carbocycles. The van der Waals surface area contributed by atoms with E-state index in [0.717, 1.165) is 17.8 Å². The lowest BCUT2D eigenvalue weighted by atomic mass is 9.52. The molecule has 0 nitrogen and oxygen atoms in total. The summed E-state index contributed by atoms with van der Waals surface area (Å²) >= 11 is 0. The molecule has 0 radical (unpaired) electrons. The van der Waals surface area contributed by atoms with Gasteiger partial charge in [-0.25, -0.2) is 0 Å². The maximum absolute atomic E-state index is 2.41. The molecule has 1 aromatic rings. The van der Waals surface area contributed by atoms with Crippen LogP contribution in [0.4, 0.5) is 0 Å². The first kappa shape index (κ1) is 14.6. The normalized spacial score (nSPS) is 18.2. The van der Waals surface area contributed by atoms with E-state index < -0.39 is 0 Å². The quantitative estimate of drug-likeness (QED) is 0.654. The molecule has 19 heavy (non-hydrogen) atoms. The Hall–Kier alpha value is -0.780. The van der Waals surface area contributed by atoms with Crippen molar-refractivity contribution in [1.29, 1.82) is 0 Å². The molecule has 0 heteroatoms. The molecule has 0 aromatic heterocycles. The molecule has 0 N–H and O–H groups in total. The van der Waals surface area contributed by atoms with Gasteiger partial charge in [-0.1, -0.05) is 52.3 Å². The van der Waals surface area contributed by atoms with E-state index in [1.807, 2.05) is 0 Å². The van der Waals surface area contributed by atoms with E-state index >= 15 is 0 Å². The first-order valence-corrected chi connectivity index (χ1v) is 7.97. The van der Waals surface area contributed by atoms with Gasteiger partial charge >= 0.3 is 0 Å². The molecule has 0 unspecified atom stereocenters. The molecule has 1 aromatic carbocycles. The summed E-state index contributed by atoms with van der Waals surface area (Å²) < 4.78 is 0. The molecule has 0 heterocycles. The zero-order valence-corrected chi connectivity index (χ0v) is 13.6. The first-order valence-electron chi connectivity index (χ1n) is 7.97. The van der Waals surface area contributed by atoms with E-state index in [1.54, 1.807) is 5.56 Å².